The molecule has 13 rings (SSSR count). The summed E-state index contributed by atoms with van der Waals surface area (Å²) in [5.74, 6) is 0.918. The lowest BCUT2D eigenvalue weighted by Gasteiger charge is -2.26. The Hall–Kier alpha value is -9.11. The Kier molecular flexibility index (Phi) is 10.7. The molecule has 0 spiro atoms. The molecule has 334 valence electrons. The molecule has 1 aliphatic carbocycles. The van der Waals surface area contributed by atoms with Crippen molar-refractivity contribution < 1.29 is 0 Å². The van der Waals surface area contributed by atoms with E-state index in [-0.39, 0.29) is 0 Å². The Morgan fingerprint density at radius 3 is 1.38 bits per heavy atom. The van der Waals surface area contributed by atoms with Gasteiger partial charge in [0.25, 0.3) is 0 Å². The predicted molar refractivity (Wildman–Crippen MR) is 300 cm³/mol. The van der Waals surface area contributed by atoms with Crippen molar-refractivity contribution in [2.75, 3.05) is 0 Å². The Morgan fingerprint density at radius 1 is 0.324 bits per heavy atom. The number of nitrogens with zero attached hydrogens (tertiary/aromatic N) is 2. The maximum Gasteiger partial charge on any atom is 0.145 e. The number of fused-ring (bicyclic) bond motifs is 3. The summed E-state index contributed by atoms with van der Waals surface area (Å²) >= 11 is 0. The van der Waals surface area contributed by atoms with Crippen molar-refractivity contribution in [3.8, 4) is 83.8 Å². The number of imidazole rings is 1. The third-order valence-electron chi connectivity index (χ3n) is 14.2. The van der Waals surface area contributed by atoms with E-state index in [0.29, 0.717) is 0 Å². The quantitative estimate of drug-likeness (QED) is 0.132. The first-order valence-electron chi connectivity index (χ1n) is 24.7. The lowest BCUT2D eigenvalue weighted by Crippen LogP contribution is -2.01. The third kappa shape index (κ3) is 7.49. The van der Waals surface area contributed by atoms with E-state index in [2.05, 4.69) is 272 Å². The second-order valence-electron chi connectivity index (χ2n) is 18.4. The lowest BCUT2D eigenvalue weighted by atomic mass is 9.77. The largest absolute Gasteiger partial charge is 0.292 e. The Labute approximate surface area is 414 Å². The van der Waals surface area contributed by atoms with Crippen LogP contribution < -0.4 is 0 Å². The van der Waals surface area contributed by atoms with E-state index in [1.165, 1.54) is 93.9 Å². The fourth-order valence-corrected chi connectivity index (χ4v) is 11.1. The molecule has 1 heterocycles. The van der Waals surface area contributed by atoms with E-state index < -0.39 is 0 Å². The molecule has 2 nitrogen and oxygen atoms in total. The molecule has 2 heteroatoms. The van der Waals surface area contributed by atoms with Crippen LogP contribution in [0.15, 0.2) is 267 Å². The summed E-state index contributed by atoms with van der Waals surface area (Å²) in [6, 6.07) is 90.7. The van der Waals surface area contributed by atoms with Crippen LogP contribution in [-0.4, -0.2) is 9.55 Å². The number of aromatic nitrogens is 2. The summed E-state index contributed by atoms with van der Waals surface area (Å²) in [5.41, 5.74) is 21.2. The number of benzene rings is 11. The first-order valence-corrected chi connectivity index (χ1v) is 24.7. The van der Waals surface area contributed by atoms with Gasteiger partial charge in [0.05, 0.1) is 11.0 Å². The summed E-state index contributed by atoms with van der Waals surface area (Å²) in [6.45, 7) is 0. The highest BCUT2D eigenvalue weighted by atomic mass is 15.1. The van der Waals surface area contributed by atoms with Crippen LogP contribution in [0.4, 0.5) is 0 Å². The predicted octanol–water partition coefficient (Wildman–Crippen LogP) is 18.7. The Balaban J connectivity index is 1.04. The van der Waals surface area contributed by atoms with E-state index in [1.807, 2.05) is 0 Å². The molecule has 11 aromatic carbocycles. The van der Waals surface area contributed by atoms with Gasteiger partial charge in [0.15, 0.2) is 0 Å². The number of hydrogen-bond donors (Lipinski definition) is 0. The van der Waals surface area contributed by atoms with Gasteiger partial charge in [-0.3, -0.25) is 4.57 Å². The summed E-state index contributed by atoms with van der Waals surface area (Å²) in [4.78, 5) is 5.26. The van der Waals surface area contributed by atoms with Gasteiger partial charge in [-0.05, 0) is 155 Å². The van der Waals surface area contributed by atoms with Gasteiger partial charge in [0.1, 0.15) is 5.82 Å². The second kappa shape index (κ2) is 18.1. The van der Waals surface area contributed by atoms with Gasteiger partial charge >= 0.3 is 0 Å². The molecule has 0 radical (unpaired) electrons. The second-order valence-corrected chi connectivity index (χ2v) is 18.4. The van der Waals surface area contributed by atoms with Crippen LogP contribution in [0, 0.1) is 0 Å². The fraction of sp³-hybridized carbons (Fsp3) is 0.0290. The van der Waals surface area contributed by atoms with E-state index in [4.69, 9.17) is 4.98 Å². The van der Waals surface area contributed by atoms with Crippen molar-refractivity contribution in [1.82, 2.24) is 9.55 Å². The first kappa shape index (κ1) is 42.0. The molecule has 12 aromatic rings. The number of rotatable bonds is 9. The van der Waals surface area contributed by atoms with Crippen molar-refractivity contribution in [1.29, 1.82) is 0 Å². The average Bonchev–Trinajstić information content (AvgIpc) is 3.85. The molecule has 1 aliphatic rings. The SMILES string of the molecule is C1=CC(c2c(-c3ccccc3)cc(-c3cccc(-c4c5ccccc5c(-c5cccc(-c6nc7ccccc7n6-c6ccccc6)c5)c5ccccc45)c3)c(-c3ccccc3)c2-c2ccccc2)=CCC1. The average molecular weight is 905 g/mol. The minimum absolute atomic E-state index is 0.918. The molecule has 0 bridgehead atoms. The highest BCUT2D eigenvalue weighted by Crippen LogP contribution is 2.51. The molecule has 0 atom stereocenters. The van der Waals surface area contributed by atoms with Crippen LogP contribution >= 0.6 is 0 Å². The van der Waals surface area contributed by atoms with Gasteiger partial charge < -0.3 is 0 Å². The number of allylic oxidation sites excluding steroid dienone is 4. The molecule has 0 amide bonds. The van der Waals surface area contributed by atoms with Crippen molar-refractivity contribution in [2.24, 2.45) is 0 Å². The van der Waals surface area contributed by atoms with Crippen LogP contribution in [0.1, 0.15) is 18.4 Å². The van der Waals surface area contributed by atoms with Gasteiger partial charge in [-0.1, -0.05) is 224 Å². The zero-order valence-corrected chi connectivity index (χ0v) is 39.2. The van der Waals surface area contributed by atoms with Gasteiger partial charge in [0.2, 0.25) is 0 Å². The molecule has 1 aromatic heterocycles. The molecular weight excluding hydrogens is 857 g/mol. The molecular formula is C69H48N2. The van der Waals surface area contributed by atoms with Crippen LogP contribution in [0.25, 0.3) is 122 Å². The van der Waals surface area contributed by atoms with E-state index in [0.717, 1.165) is 46.5 Å². The summed E-state index contributed by atoms with van der Waals surface area (Å²) in [6.07, 6.45) is 9.17. The standard InChI is InChI=1S/C69H48N2/c1-6-24-47(25-7-1)60-46-61(67(49-28-10-3-11-29-49)68(50-30-12-4-13-31-50)66(60)48-26-8-2-9-27-48)51-32-22-33-52(44-51)64-56-38-16-18-40-58(56)65(59-41-19-17-39-57(59)64)53-34-23-35-54(45-53)69-70-62-42-20-21-43-63(62)71(69)55-36-14-5-15-37-55/h1,3-8,10-46H,2,9H2. The molecule has 71 heavy (non-hydrogen) atoms. The minimum Gasteiger partial charge on any atom is -0.292 e. The number of hydrogen-bond acceptors (Lipinski definition) is 1. The molecule has 0 saturated carbocycles. The molecule has 0 N–H and O–H groups in total. The van der Waals surface area contributed by atoms with Crippen LogP contribution in [0.2, 0.25) is 0 Å². The van der Waals surface area contributed by atoms with Crippen molar-refractivity contribution >= 4 is 38.2 Å². The first-order chi connectivity index (χ1) is 35.3. The van der Waals surface area contributed by atoms with E-state index in [9.17, 15) is 0 Å². The zero-order chi connectivity index (χ0) is 47.1. The normalized spacial score (nSPS) is 12.4. The molecule has 0 saturated heterocycles. The van der Waals surface area contributed by atoms with Crippen LogP contribution in [0.3, 0.4) is 0 Å². The van der Waals surface area contributed by atoms with Gasteiger partial charge in [-0.15, -0.1) is 0 Å². The van der Waals surface area contributed by atoms with Crippen molar-refractivity contribution in [2.45, 2.75) is 12.8 Å². The maximum atomic E-state index is 5.26. The molecule has 0 fully saturated rings. The number of para-hydroxylation sites is 3. The Bertz CT molecular complexity index is 3950. The van der Waals surface area contributed by atoms with Crippen LogP contribution in [-0.2, 0) is 0 Å². The van der Waals surface area contributed by atoms with Crippen molar-refractivity contribution in [3.05, 3.63) is 273 Å². The maximum absolute atomic E-state index is 5.26. The van der Waals surface area contributed by atoms with Gasteiger partial charge in [-0.2, -0.15) is 0 Å². The lowest BCUT2D eigenvalue weighted by molar-refractivity contribution is 1.04. The minimum atomic E-state index is 0.918. The molecule has 0 unspecified atom stereocenters. The Morgan fingerprint density at radius 2 is 0.789 bits per heavy atom. The highest BCUT2D eigenvalue weighted by Gasteiger charge is 2.26. The van der Waals surface area contributed by atoms with Crippen LogP contribution in [0.5, 0.6) is 0 Å². The highest BCUT2D eigenvalue weighted by molar-refractivity contribution is 6.22. The summed E-state index contributed by atoms with van der Waals surface area (Å²) in [7, 11) is 0. The van der Waals surface area contributed by atoms with E-state index >= 15 is 0 Å². The summed E-state index contributed by atoms with van der Waals surface area (Å²) < 4.78 is 2.29. The summed E-state index contributed by atoms with van der Waals surface area (Å²) in [5, 5.41) is 4.84. The fourth-order valence-electron chi connectivity index (χ4n) is 11.1. The zero-order valence-electron chi connectivity index (χ0n) is 39.2. The van der Waals surface area contributed by atoms with Gasteiger partial charge in [0, 0.05) is 11.3 Å². The van der Waals surface area contributed by atoms with Gasteiger partial charge in [-0.25, -0.2) is 4.98 Å². The third-order valence-corrected chi connectivity index (χ3v) is 14.2. The molecule has 0 aliphatic heterocycles. The van der Waals surface area contributed by atoms with Crippen molar-refractivity contribution in [3.63, 3.8) is 0 Å². The topological polar surface area (TPSA) is 17.8 Å². The van der Waals surface area contributed by atoms with E-state index in [1.54, 1.807) is 0 Å². The monoisotopic (exact) mass is 904 g/mol. The smallest absolute Gasteiger partial charge is 0.145 e.